The van der Waals surface area contributed by atoms with Crippen molar-refractivity contribution in [1.82, 2.24) is 9.97 Å². The van der Waals surface area contributed by atoms with Gasteiger partial charge >= 0.3 is 10.8 Å². The molecule has 0 fully saturated rings. The van der Waals surface area contributed by atoms with Crippen LogP contribution >= 0.6 is 22.7 Å². The number of anilines is 2. The topological polar surface area (TPSA) is 92.4 Å². The second-order valence-corrected chi connectivity index (χ2v) is 6.63. The summed E-state index contributed by atoms with van der Waals surface area (Å²) >= 11 is 2.17. The SMILES string of the molecule is CC(=O)N(c1ccccc1)c1nc(COC(=O)c2csc(=O)[nH]2)cs1. The minimum Gasteiger partial charge on any atom is -0.454 e. The van der Waals surface area contributed by atoms with E-state index in [1.165, 1.54) is 28.5 Å². The summed E-state index contributed by atoms with van der Waals surface area (Å²) < 4.78 is 5.13. The molecule has 3 rings (SSSR count). The van der Waals surface area contributed by atoms with E-state index in [0.717, 1.165) is 11.3 Å². The lowest BCUT2D eigenvalue weighted by molar-refractivity contribution is -0.115. The van der Waals surface area contributed by atoms with Gasteiger partial charge < -0.3 is 9.72 Å². The van der Waals surface area contributed by atoms with E-state index >= 15 is 0 Å². The molecule has 3 aromatic rings. The van der Waals surface area contributed by atoms with Gasteiger partial charge in [0, 0.05) is 17.7 Å². The first kappa shape index (κ1) is 17.1. The van der Waals surface area contributed by atoms with Crippen molar-refractivity contribution in [2.24, 2.45) is 0 Å². The lowest BCUT2D eigenvalue weighted by atomic mass is 10.3. The van der Waals surface area contributed by atoms with Crippen molar-refractivity contribution in [3.05, 3.63) is 62.1 Å². The number of hydrogen-bond acceptors (Lipinski definition) is 7. The van der Waals surface area contributed by atoms with Gasteiger partial charge in [0.25, 0.3) is 0 Å². The van der Waals surface area contributed by atoms with Crippen LogP contribution in [0.3, 0.4) is 0 Å². The molecule has 2 heterocycles. The molecule has 0 saturated carbocycles. The van der Waals surface area contributed by atoms with Crippen LogP contribution in [0.15, 0.2) is 45.9 Å². The summed E-state index contributed by atoms with van der Waals surface area (Å²) in [6.45, 7) is 1.41. The van der Waals surface area contributed by atoms with Crippen LogP contribution in [0.4, 0.5) is 10.8 Å². The van der Waals surface area contributed by atoms with Crippen molar-refractivity contribution in [3.8, 4) is 0 Å². The van der Waals surface area contributed by atoms with Gasteiger partial charge in [-0.3, -0.25) is 14.5 Å². The standard InChI is InChI=1S/C16H13N3O4S2/c1-10(20)19(12-5-3-2-4-6-12)15-17-11(8-24-15)7-23-14(21)13-9-25-16(22)18-13/h2-6,8-9H,7H2,1H3,(H,18,22). The van der Waals surface area contributed by atoms with Gasteiger partial charge in [-0.05, 0) is 12.1 Å². The molecular formula is C16H13N3O4S2. The molecule has 0 aliphatic rings. The molecule has 128 valence electrons. The number of para-hydroxylation sites is 1. The van der Waals surface area contributed by atoms with Gasteiger partial charge in [0.15, 0.2) is 5.13 Å². The smallest absolute Gasteiger partial charge is 0.356 e. The molecule has 0 bridgehead atoms. The molecule has 25 heavy (non-hydrogen) atoms. The molecule has 0 radical (unpaired) electrons. The van der Waals surface area contributed by atoms with Crippen LogP contribution in [-0.2, 0) is 16.1 Å². The highest BCUT2D eigenvalue weighted by Gasteiger charge is 2.18. The number of carbonyl (C=O) groups is 2. The van der Waals surface area contributed by atoms with Crippen LogP contribution in [0, 0.1) is 0 Å². The molecule has 2 aromatic heterocycles. The first-order valence-corrected chi connectivity index (χ1v) is 8.95. The molecule has 7 nitrogen and oxygen atoms in total. The number of H-pyrrole nitrogens is 1. The largest absolute Gasteiger partial charge is 0.454 e. The van der Waals surface area contributed by atoms with Gasteiger partial charge in [-0.15, -0.1) is 11.3 Å². The number of esters is 1. The molecule has 0 spiro atoms. The van der Waals surface area contributed by atoms with Gasteiger partial charge in [0.2, 0.25) is 5.91 Å². The van der Waals surface area contributed by atoms with Gasteiger partial charge in [0.05, 0.1) is 11.4 Å². The monoisotopic (exact) mass is 375 g/mol. The van der Waals surface area contributed by atoms with Crippen molar-refractivity contribution in [3.63, 3.8) is 0 Å². The zero-order valence-corrected chi connectivity index (χ0v) is 14.7. The summed E-state index contributed by atoms with van der Waals surface area (Å²) in [7, 11) is 0. The predicted octanol–water partition coefficient (Wildman–Crippen LogP) is 2.93. The number of nitrogens with zero attached hydrogens (tertiary/aromatic N) is 2. The Balaban J connectivity index is 1.72. The number of ether oxygens (including phenoxy) is 1. The number of hydrogen-bond donors (Lipinski definition) is 1. The van der Waals surface area contributed by atoms with Crippen LogP contribution in [0.25, 0.3) is 0 Å². The Morgan fingerprint density at radius 2 is 1.96 bits per heavy atom. The summed E-state index contributed by atoms with van der Waals surface area (Å²) in [4.78, 5) is 42.8. The predicted molar refractivity (Wildman–Crippen MR) is 95.4 cm³/mol. The number of aromatic nitrogens is 2. The number of nitrogens with one attached hydrogen (secondary N) is 1. The zero-order valence-electron chi connectivity index (χ0n) is 13.1. The summed E-state index contributed by atoms with van der Waals surface area (Å²) in [5.74, 6) is -0.792. The second-order valence-electron chi connectivity index (χ2n) is 4.95. The van der Waals surface area contributed by atoms with Crippen LogP contribution in [0.5, 0.6) is 0 Å². The van der Waals surface area contributed by atoms with Crippen LogP contribution in [-0.4, -0.2) is 21.8 Å². The van der Waals surface area contributed by atoms with E-state index < -0.39 is 5.97 Å². The zero-order chi connectivity index (χ0) is 17.8. The third-order valence-electron chi connectivity index (χ3n) is 3.15. The highest BCUT2D eigenvalue weighted by atomic mass is 32.1. The fraction of sp³-hybridized carbons (Fsp3) is 0.125. The number of aromatic amines is 1. The van der Waals surface area contributed by atoms with E-state index in [-0.39, 0.29) is 23.1 Å². The highest BCUT2D eigenvalue weighted by Crippen LogP contribution is 2.28. The molecule has 1 amide bonds. The fourth-order valence-electron chi connectivity index (χ4n) is 2.07. The van der Waals surface area contributed by atoms with Crippen LogP contribution in [0.2, 0.25) is 0 Å². The Morgan fingerprint density at radius 1 is 1.20 bits per heavy atom. The molecule has 0 aliphatic heterocycles. The minimum atomic E-state index is -0.626. The lowest BCUT2D eigenvalue weighted by Gasteiger charge is -2.17. The molecule has 0 saturated heterocycles. The summed E-state index contributed by atoms with van der Waals surface area (Å²) in [5, 5.41) is 3.62. The van der Waals surface area contributed by atoms with Gasteiger partial charge in [-0.2, -0.15) is 0 Å². The van der Waals surface area contributed by atoms with E-state index in [4.69, 9.17) is 4.74 Å². The molecule has 9 heteroatoms. The van der Waals surface area contributed by atoms with E-state index in [0.29, 0.717) is 16.5 Å². The highest BCUT2D eigenvalue weighted by molar-refractivity contribution is 7.14. The van der Waals surface area contributed by atoms with E-state index in [2.05, 4.69) is 9.97 Å². The minimum absolute atomic E-state index is 0.0479. The Labute approximate surface area is 150 Å². The first-order chi connectivity index (χ1) is 12.0. The Kier molecular flexibility index (Phi) is 5.05. The maximum absolute atomic E-state index is 12.0. The lowest BCUT2D eigenvalue weighted by Crippen LogP contribution is -2.22. The molecule has 0 atom stereocenters. The number of rotatable bonds is 5. The van der Waals surface area contributed by atoms with Crippen molar-refractivity contribution >= 4 is 45.4 Å². The summed E-state index contributed by atoms with van der Waals surface area (Å²) in [5.41, 5.74) is 1.34. The molecule has 0 aliphatic carbocycles. The average molecular weight is 375 g/mol. The van der Waals surface area contributed by atoms with Crippen molar-refractivity contribution in [2.45, 2.75) is 13.5 Å². The fourth-order valence-corrected chi connectivity index (χ4v) is 3.49. The van der Waals surface area contributed by atoms with Crippen molar-refractivity contribution < 1.29 is 14.3 Å². The maximum atomic E-state index is 12.0. The molecule has 1 aromatic carbocycles. The normalized spacial score (nSPS) is 10.4. The Morgan fingerprint density at radius 3 is 2.60 bits per heavy atom. The Bertz CT molecular complexity index is 945. The van der Waals surface area contributed by atoms with E-state index in [9.17, 15) is 14.4 Å². The van der Waals surface area contributed by atoms with Crippen molar-refractivity contribution in [2.75, 3.05) is 4.90 Å². The van der Waals surface area contributed by atoms with Crippen LogP contribution in [0.1, 0.15) is 23.1 Å². The van der Waals surface area contributed by atoms with Gasteiger partial charge in [0.1, 0.15) is 12.3 Å². The second kappa shape index (κ2) is 7.41. The Hall–Kier alpha value is -2.78. The van der Waals surface area contributed by atoms with Gasteiger partial charge in [-0.1, -0.05) is 29.5 Å². The summed E-state index contributed by atoms with van der Waals surface area (Å²) in [6, 6.07) is 9.17. The van der Waals surface area contributed by atoms with Crippen molar-refractivity contribution in [1.29, 1.82) is 0 Å². The van der Waals surface area contributed by atoms with Crippen LogP contribution < -0.4 is 9.77 Å². The number of benzene rings is 1. The number of carbonyl (C=O) groups excluding carboxylic acids is 2. The van der Waals surface area contributed by atoms with E-state index in [1.807, 2.05) is 30.3 Å². The van der Waals surface area contributed by atoms with Gasteiger partial charge in [-0.25, -0.2) is 9.78 Å². The maximum Gasteiger partial charge on any atom is 0.356 e. The third-order valence-corrected chi connectivity index (χ3v) is 4.70. The molecule has 1 N–H and O–H groups in total. The number of amides is 1. The quantitative estimate of drug-likeness (QED) is 0.692. The van der Waals surface area contributed by atoms with E-state index in [1.54, 1.807) is 5.38 Å². The first-order valence-electron chi connectivity index (χ1n) is 7.19. The molecule has 0 unspecified atom stereocenters. The number of thiazole rings is 2. The third kappa shape index (κ3) is 4.01. The summed E-state index contributed by atoms with van der Waals surface area (Å²) in [6.07, 6.45) is 0. The molecular weight excluding hydrogens is 362 g/mol. The average Bonchev–Trinajstić information content (AvgIpc) is 3.23.